The van der Waals surface area contributed by atoms with E-state index < -0.39 is 0 Å². The highest BCUT2D eigenvalue weighted by molar-refractivity contribution is 5.16. The number of hydrogen-bond donors (Lipinski definition) is 1. The minimum Gasteiger partial charge on any atom is -0.386 e. The first-order valence-electron chi connectivity index (χ1n) is 4.99. The molecule has 0 amide bonds. The van der Waals surface area contributed by atoms with Gasteiger partial charge in [-0.05, 0) is 31.8 Å². The van der Waals surface area contributed by atoms with Crippen LogP contribution in [0, 0.1) is 0 Å². The maximum atomic E-state index is 3.57. The van der Waals surface area contributed by atoms with E-state index in [-0.39, 0.29) is 0 Å². The third-order valence-electron chi connectivity index (χ3n) is 2.39. The van der Waals surface area contributed by atoms with Crippen molar-refractivity contribution in [3.05, 3.63) is 23.9 Å². The largest absolute Gasteiger partial charge is 0.386 e. The van der Waals surface area contributed by atoms with Crippen molar-refractivity contribution < 1.29 is 0 Å². The summed E-state index contributed by atoms with van der Waals surface area (Å²) in [5, 5.41) is 3.57. The van der Waals surface area contributed by atoms with E-state index in [9.17, 15) is 0 Å². The standard InChI is InChI=1S/C11H19N/c1-3-10(4-2)12-11-8-6-5-7-9-11/h5-6,8,10,12H,3-4,7,9H2,1-2H3. The van der Waals surface area contributed by atoms with Crippen molar-refractivity contribution in [2.75, 3.05) is 0 Å². The van der Waals surface area contributed by atoms with Crippen LogP contribution in [0.25, 0.3) is 0 Å². The molecule has 68 valence electrons. The van der Waals surface area contributed by atoms with Crippen LogP contribution in [0.15, 0.2) is 23.9 Å². The molecule has 0 unspecified atom stereocenters. The van der Waals surface area contributed by atoms with Gasteiger partial charge in [0.05, 0.1) is 0 Å². The molecule has 0 aliphatic heterocycles. The summed E-state index contributed by atoms with van der Waals surface area (Å²) in [5.74, 6) is 0. The second kappa shape index (κ2) is 5.02. The molecule has 1 N–H and O–H groups in total. The van der Waals surface area contributed by atoms with Crippen LogP contribution in [-0.2, 0) is 0 Å². The Morgan fingerprint density at radius 2 is 2.17 bits per heavy atom. The number of allylic oxidation sites excluding steroid dienone is 4. The van der Waals surface area contributed by atoms with Gasteiger partial charge in [-0.1, -0.05) is 26.0 Å². The van der Waals surface area contributed by atoms with Gasteiger partial charge in [-0.2, -0.15) is 0 Å². The quantitative estimate of drug-likeness (QED) is 0.675. The average molecular weight is 165 g/mol. The van der Waals surface area contributed by atoms with Crippen molar-refractivity contribution in [3.63, 3.8) is 0 Å². The average Bonchev–Trinajstić information content (AvgIpc) is 2.16. The lowest BCUT2D eigenvalue weighted by atomic mass is 10.1. The Hall–Kier alpha value is -0.720. The van der Waals surface area contributed by atoms with Crippen LogP contribution in [0.2, 0.25) is 0 Å². The second-order valence-corrected chi connectivity index (χ2v) is 3.32. The minimum atomic E-state index is 0.669. The first-order chi connectivity index (χ1) is 5.86. The Bertz CT molecular complexity index is 175. The maximum absolute atomic E-state index is 3.57. The Balaban J connectivity index is 2.38. The van der Waals surface area contributed by atoms with E-state index >= 15 is 0 Å². The summed E-state index contributed by atoms with van der Waals surface area (Å²) in [6.07, 6.45) is 11.4. The summed E-state index contributed by atoms with van der Waals surface area (Å²) >= 11 is 0. The first kappa shape index (κ1) is 9.37. The molecule has 1 aliphatic carbocycles. The SMILES string of the molecule is CCC(CC)NC1=CC=CCC1. The molecule has 0 aromatic rings. The summed E-state index contributed by atoms with van der Waals surface area (Å²) in [5.41, 5.74) is 1.41. The highest BCUT2D eigenvalue weighted by atomic mass is 14.9. The van der Waals surface area contributed by atoms with Crippen LogP contribution in [0.4, 0.5) is 0 Å². The Morgan fingerprint density at radius 3 is 2.67 bits per heavy atom. The van der Waals surface area contributed by atoms with Crippen molar-refractivity contribution >= 4 is 0 Å². The van der Waals surface area contributed by atoms with Gasteiger partial charge in [0.2, 0.25) is 0 Å². The van der Waals surface area contributed by atoms with Crippen molar-refractivity contribution in [3.8, 4) is 0 Å². The van der Waals surface area contributed by atoms with Gasteiger partial charge in [-0.3, -0.25) is 0 Å². The molecule has 0 radical (unpaired) electrons. The van der Waals surface area contributed by atoms with E-state index in [2.05, 4.69) is 37.4 Å². The summed E-state index contributed by atoms with van der Waals surface area (Å²) in [6, 6.07) is 0.669. The van der Waals surface area contributed by atoms with Crippen molar-refractivity contribution in [2.24, 2.45) is 0 Å². The maximum Gasteiger partial charge on any atom is 0.0253 e. The molecule has 0 heterocycles. The van der Waals surface area contributed by atoms with Gasteiger partial charge in [0, 0.05) is 11.7 Å². The van der Waals surface area contributed by atoms with E-state index in [1.807, 2.05) is 0 Å². The summed E-state index contributed by atoms with van der Waals surface area (Å²) < 4.78 is 0. The van der Waals surface area contributed by atoms with E-state index in [1.54, 1.807) is 0 Å². The molecule has 0 saturated heterocycles. The molecule has 0 atom stereocenters. The van der Waals surface area contributed by atoms with Gasteiger partial charge in [-0.25, -0.2) is 0 Å². The smallest absolute Gasteiger partial charge is 0.0253 e. The molecule has 0 aromatic heterocycles. The van der Waals surface area contributed by atoms with E-state index in [0.717, 1.165) is 0 Å². The van der Waals surface area contributed by atoms with Gasteiger partial charge in [0.1, 0.15) is 0 Å². The number of nitrogens with one attached hydrogen (secondary N) is 1. The monoisotopic (exact) mass is 165 g/mol. The van der Waals surface area contributed by atoms with Crippen LogP contribution < -0.4 is 5.32 Å². The van der Waals surface area contributed by atoms with Crippen molar-refractivity contribution in [1.29, 1.82) is 0 Å². The molecule has 1 heteroatoms. The Kier molecular flexibility index (Phi) is 3.92. The molecule has 0 aromatic carbocycles. The fourth-order valence-electron chi connectivity index (χ4n) is 1.48. The first-order valence-corrected chi connectivity index (χ1v) is 4.99. The van der Waals surface area contributed by atoms with E-state index in [1.165, 1.54) is 31.4 Å². The topological polar surface area (TPSA) is 12.0 Å². The molecule has 1 rings (SSSR count). The van der Waals surface area contributed by atoms with Gasteiger partial charge in [0.15, 0.2) is 0 Å². The molecule has 1 aliphatic rings. The zero-order chi connectivity index (χ0) is 8.81. The lowest BCUT2D eigenvalue weighted by Gasteiger charge is -2.19. The molecule has 1 nitrogen and oxygen atoms in total. The molecular formula is C11H19N. The van der Waals surface area contributed by atoms with Gasteiger partial charge in [-0.15, -0.1) is 0 Å². The van der Waals surface area contributed by atoms with E-state index in [0.29, 0.717) is 6.04 Å². The third-order valence-corrected chi connectivity index (χ3v) is 2.39. The molecule has 12 heavy (non-hydrogen) atoms. The van der Waals surface area contributed by atoms with Crippen LogP contribution in [0.1, 0.15) is 39.5 Å². The molecule has 0 fully saturated rings. The third kappa shape index (κ3) is 2.72. The zero-order valence-electron chi connectivity index (χ0n) is 8.14. The van der Waals surface area contributed by atoms with Gasteiger partial charge >= 0.3 is 0 Å². The summed E-state index contributed by atoms with van der Waals surface area (Å²) in [6.45, 7) is 4.47. The number of hydrogen-bond acceptors (Lipinski definition) is 1. The highest BCUT2D eigenvalue weighted by Gasteiger charge is 2.05. The Labute approximate surface area is 75.6 Å². The van der Waals surface area contributed by atoms with Crippen LogP contribution in [0.5, 0.6) is 0 Å². The second-order valence-electron chi connectivity index (χ2n) is 3.32. The molecule has 0 spiro atoms. The van der Waals surface area contributed by atoms with Gasteiger partial charge < -0.3 is 5.32 Å². The minimum absolute atomic E-state index is 0.669. The van der Waals surface area contributed by atoms with E-state index in [4.69, 9.17) is 0 Å². The summed E-state index contributed by atoms with van der Waals surface area (Å²) in [7, 11) is 0. The Morgan fingerprint density at radius 1 is 1.42 bits per heavy atom. The predicted molar refractivity (Wildman–Crippen MR) is 54.0 cm³/mol. The fourth-order valence-corrected chi connectivity index (χ4v) is 1.48. The lowest BCUT2D eigenvalue weighted by molar-refractivity contribution is 0.521. The lowest BCUT2D eigenvalue weighted by Crippen LogP contribution is -2.27. The van der Waals surface area contributed by atoms with Crippen molar-refractivity contribution in [1.82, 2.24) is 5.32 Å². The molecule has 0 bridgehead atoms. The normalized spacial score (nSPS) is 16.4. The van der Waals surface area contributed by atoms with Crippen LogP contribution in [0.3, 0.4) is 0 Å². The predicted octanol–water partition coefficient (Wildman–Crippen LogP) is 3.00. The number of rotatable bonds is 4. The van der Waals surface area contributed by atoms with Gasteiger partial charge in [0.25, 0.3) is 0 Å². The van der Waals surface area contributed by atoms with Crippen LogP contribution in [-0.4, -0.2) is 6.04 Å². The highest BCUT2D eigenvalue weighted by Crippen LogP contribution is 2.11. The fraction of sp³-hybridized carbons (Fsp3) is 0.636. The summed E-state index contributed by atoms with van der Waals surface area (Å²) in [4.78, 5) is 0. The zero-order valence-corrected chi connectivity index (χ0v) is 8.14. The molecule has 0 saturated carbocycles. The van der Waals surface area contributed by atoms with Crippen LogP contribution >= 0.6 is 0 Å². The molecular weight excluding hydrogens is 146 g/mol. The van der Waals surface area contributed by atoms with Crippen molar-refractivity contribution in [2.45, 2.75) is 45.6 Å².